The first-order valence-electron chi connectivity index (χ1n) is 11.2. The summed E-state index contributed by atoms with van der Waals surface area (Å²) in [6.45, 7) is 1.40. The van der Waals surface area contributed by atoms with Gasteiger partial charge in [-0.05, 0) is 60.6 Å². The predicted octanol–water partition coefficient (Wildman–Crippen LogP) is 4.13. The quantitative estimate of drug-likeness (QED) is 0.718. The molecule has 1 atom stereocenters. The number of likely N-dealkylation sites (tertiary alicyclic amines) is 1. The number of nitrogens with one attached hydrogen (secondary N) is 1. The molecule has 158 valence electrons. The van der Waals surface area contributed by atoms with Gasteiger partial charge in [0.25, 0.3) is 5.91 Å². The van der Waals surface area contributed by atoms with Gasteiger partial charge in [-0.3, -0.25) is 14.6 Å². The molecule has 4 rings (SSSR count). The Morgan fingerprint density at radius 2 is 1.90 bits per heavy atom. The third-order valence-electron chi connectivity index (χ3n) is 6.39. The lowest BCUT2D eigenvalue weighted by molar-refractivity contribution is -0.128. The predicted molar refractivity (Wildman–Crippen MR) is 117 cm³/mol. The van der Waals surface area contributed by atoms with Crippen LogP contribution in [0.15, 0.2) is 48.8 Å². The molecule has 1 saturated heterocycles. The minimum absolute atomic E-state index is 0.0262. The summed E-state index contributed by atoms with van der Waals surface area (Å²) >= 11 is 0. The van der Waals surface area contributed by atoms with Gasteiger partial charge in [-0.25, -0.2) is 0 Å². The number of carbonyl (C=O) groups is 2. The van der Waals surface area contributed by atoms with Crippen LogP contribution in [0, 0.1) is 5.92 Å². The monoisotopic (exact) mass is 405 g/mol. The lowest BCUT2D eigenvalue weighted by atomic mass is 9.94. The largest absolute Gasteiger partial charge is 0.349 e. The zero-order chi connectivity index (χ0) is 20.8. The number of rotatable bonds is 8. The topological polar surface area (TPSA) is 62.3 Å². The first kappa shape index (κ1) is 20.6. The van der Waals surface area contributed by atoms with Gasteiger partial charge in [0.15, 0.2) is 0 Å². The molecule has 2 fully saturated rings. The summed E-state index contributed by atoms with van der Waals surface area (Å²) in [4.78, 5) is 31.0. The van der Waals surface area contributed by atoms with Crippen LogP contribution in [0.1, 0.15) is 66.4 Å². The summed E-state index contributed by atoms with van der Waals surface area (Å²) in [5.74, 6) is 0.880. The van der Waals surface area contributed by atoms with Crippen molar-refractivity contribution in [2.24, 2.45) is 5.92 Å². The van der Waals surface area contributed by atoms with E-state index in [0.29, 0.717) is 24.4 Å². The molecule has 2 heterocycles. The first-order valence-corrected chi connectivity index (χ1v) is 11.2. The summed E-state index contributed by atoms with van der Waals surface area (Å²) in [7, 11) is 0. The van der Waals surface area contributed by atoms with E-state index in [9.17, 15) is 9.59 Å². The van der Waals surface area contributed by atoms with E-state index < -0.39 is 0 Å². The molecule has 0 bridgehead atoms. The molecule has 1 saturated carbocycles. The summed E-state index contributed by atoms with van der Waals surface area (Å²) in [6.07, 6.45) is 12.2. The van der Waals surface area contributed by atoms with Gasteiger partial charge < -0.3 is 10.2 Å². The zero-order valence-electron chi connectivity index (χ0n) is 17.6. The number of benzene rings is 1. The highest BCUT2D eigenvalue weighted by Crippen LogP contribution is 2.29. The van der Waals surface area contributed by atoms with Crippen molar-refractivity contribution in [3.63, 3.8) is 0 Å². The number of aromatic nitrogens is 1. The average Bonchev–Trinajstić information content (AvgIpc) is 3.41. The maximum absolute atomic E-state index is 13.1. The smallest absolute Gasteiger partial charge is 0.251 e. The molecular weight excluding hydrogens is 374 g/mol. The number of nitrogens with zero attached hydrogens (tertiary/aromatic N) is 2. The first-order chi connectivity index (χ1) is 14.7. The summed E-state index contributed by atoms with van der Waals surface area (Å²) in [5.41, 5.74) is 2.89. The van der Waals surface area contributed by atoms with E-state index in [2.05, 4.69) is 10.3 Å². The van der Waals surface area contributed by atoms with Gasteiger partial charge >= 0.3 is 0 Å². The van der Waals surface area contributed by atoms with Crippen molar-refractivity contribution < 1.29 is 9.59 Å². The van der Waals surface area contributed by atoms with Crippen LogP contribution in [-0.2, 0) is 17.8 Å². The Kier molecular flexibility index (Phi) is 6.77. The van der Waals surface area contributed by atoms with Gasteiger partial charge in [-0.1, -0.05) is 37.8 Å². The molecule has 1 aromatic heterocycles. The molecule has 2 aromatic rings. The van der Waals surface area contributed by atoms with Crippen molar-refractivity contribution in [3.8, 4) is 0 Å². The van der Waals surface area contributed by atoms with Gasteiger partial charge in [0.2, 0.25) is 5.91 Å². The number of hydrogen-bond acceptors (Lipinski definition) is 3. The number of amides is 2. The molecule has 0 radical (unpaired) electrons. The van der Waals surface area contributed by atoms with E-state index in [1.807, 2.05) is 53.7 Å². The SMILES string of the molecule is O=C(N[C@@H](Cc1ccncc1)CC1CCCC1)c1cccc(CN2CCCC2=O)c1. The molecule has 1 aromatic carbocycles. The van der Waals surface area contributed by atoms with Crippen LogP contribution in [0.25, 0.3) is 0 Å². The van der Waals surface area contributed by atoms with Crippen molar-refractivity contribution in [3.05, 3.63) is 65.5 Å². The average molecular weight is 406 g/mol. The standard InChI is InChI=1S/C25H31N3O2/c29-24-9-4-14-28(24)18-21-7-3-8-22(15-21)25(30)27-23(16-19-5-1-2-6-19)17-20-10-12-26-13-11-20/h3,7-8,10-13,15,19,23H,1-2,4-6,9,14,16-18H2,(H,27,30)/t23-/m1/s1. The van der Waals surface area contributed by atoms with E-state index in [0.717, 1.165) is 31.4 Å². The van der Waals surface area contributed by atoms with Crippen molar-refractivity contribution >= 4 is 11.8 Å². The van der Waals surface area contributed by atoms with E-state index in [-0.39, 0.29) is 17.9 Å². The molecule has 0 unspecified atom stereocenters. The number of carbonyl (C=O) groups excluding carboxylic acids is 2. The van der Waals surface area contributed by atoms with E-state index in [4.69, 9.17) is 0 Å². The van der Waals surface area contributed by atoms with Gasteiger partial charge in [0.1, 0.15) is 0 Å². The Hall–Kier alpha value is -2.69. The van der Waals surface area contributed by atoms with Gasteiger partial charge in [0, 0.05) is 43.5 Å². The van der Waals surface area contributed by atoms with Crippen molar-refractivity contribution in [1.29, 1.82) is 0 Å². The van der Waals surface area contributed by atoms with Gasteiger partial charge in [-0.15, -0.1) is 0 Å². The number of pyridine rings is 1. The van der Waals surface area contributed by atoms with Crippen LogP contribution < -0.4 is 5.32 Å². The van der Waals surface area contributed by atoms with Crippen molar-refractivity contribution in [2.75, 3.05) is 6.54 Å². The van der Waals surface area contributed by atoms with Crippen LogP contribution in [0.3, 0.4) is 0 Å². The minimum Gasteiger partial charge on any atom is -0.349 e. The summed E-state index contributed by atoms with van der Waals surface area (Å²) in [5, 5.41) is 3.30. The molecule has 1 N–H and O–H groups in total. The molecule has 5 nitrogen and oxygen atoms in total. The van der Waals surface area contributed by atoms with Crippen LogP contribution in [-0.4, -0.2) is 34.3 Å². The van der Waals surface area contributed by atoms with Gasteiger partial charge in [0.05, 0.1) is 0 Å². The fraction of sp³-hybridized carbons (Fsp3) is 0.480. The molecule has 1 aliphatic heterocycles. The fourth-order valence-electron chi connectivity index (χ4n) is 4.82. The Bertz CT molecular complexity index is 862. The van der Waals surface area contributed by atoms with Crippen molar-refractivity contribution in [1.82, 2.24) is 15.2 Å². The maximum Gasteiger partial charge on any atom is 0.251 e. The van der Waals surface area contributed by atoms with Crippen LogP contribution in [0.4, 0.5) is 0 Å². The third-order valence-corrected chi connectivity index (χ3v) is 6.39. The molecular formula is C25H31N3O2. The van der Waals surface area contributed by atoms with Crippen LogP contribution in [0.2, 0.25) is 0 Å². The molecule has 0 spiro atoms. The number of hydrogen-bond donors (Lipinski definition) is 1. The molecule has 30 heavy (non-hydrogen) atoms. The molecule has 2 aliphatic rings. The lowest BCUT2D eigenvalue weighted by Gasteiger charge is -2.22. The molecule has 5 heteroatoms. The van der Waals surface area contributed by atoms with Gasteiger partial charge in [-0.2, -0.15) is 0 Å². The second-order valence-corrected chi connectivity index (χ2v) is 8.74. The Labute approximate surface area is 178 Å². The maximum atomic E-state index is 13.1. The minimum atomic E-state index is -0.0262. The zero-order valence-corrected chi connectivity index (χ0v) is 17.6. The fourth-order valence-corrected chi connectivity index (χ4v) is 4.82. The normalized spacial score (nSPS) is 18.0. The Morgan fingerprint density at radius 3 is 2.63 bits per heavy atom. The molecule has 1 aliphatic carbocycles. The van der Waals surface area contributed by atoms with E-state index in [1.165, 1.54) is 31.2 Å². The van der Waals surface area contributed by atoms with E-state index >= 15 is 0 Å². The highest BCUT2D eigenvalue weighted by molar-refractivity contribution is 5.94. The summed E-state index contributed by atoms with van der Waals surface area (Å²) < 4.78 is 0. The lowest BCUT2D eigenvalue weighted by Crippen LogP contribution is -2.37. The second-order valence-electron chi connectivity index (χ2n) is 8.74. The second kappa shape index (κ2) is 9.88. The van der Waals surface area contributed by atoms with Crippen LogP contribution in [0.5, 0.6) is 0 Å². The van der Waals surface area contributed by atoms with Crippen LogP contribution >= 0.6 is 0 Å². The highest BCUT2D eigenvalue weighted by Gasteiger charge is 2.23. The van der Waals surface area contributed by atoms with Crippen molar-refractivity contribution in [2.45, 2.75) is 64.0 Å². The Balaban J connectivity index is 1.43. The highest BCUT2D eigenvalue weighted by atomic mass is 16.2. The van der Waals surface area contributed by atoms with E-state index in [1.54, 1.807) is 0 Å². The molecule has 2 amide bonds. The summed E-state index contributed by atoms with van der Waals surface area (Å²) in [6, 6.07) is 11.9. The third kappa shape index (κ3) is 5.47. The Morgan fingerprint density at radius 1 is 1.10 bits per heavy atom.